The molecule has 47 heavy (non-hydrogen) atoms. The summed E-state index contributed by atoms with van der Waals surface area (Å²) < 4.78 is 7.92. The van der Waals surface area contributed by atoms with Gasteiger partial charge in [-0.15, -0.1) is 12.4 Å². The first-order chi connectivity index (χ1) is 22.2. The molecule has 2 amide bonds. The SMILES string of the molecule is Cc1c(C(=O)N(C)c2ccc(OCc3ccccc3)cc2)cc(-c2ccc(CN)cc2C(=O)N2Cc3ccccc3C[C@H]2C)n1C.Cl. The summed E-state index contributed by atoms with van der Waals surface area (Å²) in [6.07, 6.45) is 0.808. The van der Waals surface area contributed by atoms with Gasteiger partial charge in [0, 0.05) is 61.4 Å². The van der Waals surface area contributed by atoms with Gasteiger partial charge in [0.2, 0.25) is 0 Å². The number of hydrogen-bond acceptors (Lipinski definition) is 4. The van der Waals surface area contributed by atoms with Crippen LogP contribution in [0.4, 0.5) is 5.69 Å². The lowest BCUT2D eigenvalue weighted by molar-refractivity contribution is 0.0658. The fraction of sp³-hybridized carbons (Fsp3) is 0.231. The summed E-state index contributed by atoms with van der Waals surface area (Å²) in [6.45, 7) is 5.39. The molecule has 5 aromatic rings. The molecule has 0 spiro atoms. The number of rotatable bonds is 8. The largest absolute Gasteiger partial charge is 0.489 e. The van der Waals surface area contributed by atoms with Crippen LogP contribution >= 0.6 is 12.4 Å². The van der Waals surface area contributed by atoms with Crippen molar-refractivity contribution in [2.45, 2.75) is 46.0 Å². The van der Waals surface area contributed by atoms with Gasteiger partial charge in [-0.25, -0.2) is 0 Å². The topological polar surface area (TPSA) is 80.8 Å². The van der Waals surface area contributed by atoms with Crippen molar-refractivity contribution >= 4 is 29.9 Å². The van der Waals surface area contributed by atoms with E-state index in [4.69, 9.17) is 10.5 Å². The molecule has 8 heteroatoms. The van der Waals surface area contributed by atoms with Crippen LogP contribution in [0.15, 0.2) is 103 Å². The van der Waals surface area contributed by atoms with Gasteiger partial charge in [0.05, 0.1) is 5.56 Å². The molecular weight excluding hydrogens is 608 g/mol. The van der Waals surface area contributed by atoms with Crippen LogP contribution in [0.2, 0.25) is 0 Å². The van der Waals surface area contributed by atoms with Crippen LogP contribution in [-0.4, -0.2) is 34.4 Å². The maximum absolute atomic E-state index is 14.3. The molecule has 1 aliphatic heterocycles. The Morgan fingerprint density at radius 2 is 1.55 bits per heavy atom. The molecule has 2 heterocycles. The molecule has 6 rings (SSSR count). The Bertz CT molecular complexity index is 1880. The first-order valence-corrected chi connectivity index (χ1v) is 15.7. The Morgan fingerprint density at radius 1 is 0.872 bits per heavy atom. The summed E-state index contributed by atoms with van der Waals surface area (Å²) in [5.41, 5.74) is 14.8. The Hall–Kier alpha value is -4.85. The number of anilines is 1. The van der Waals surface area contributed by atoms with Crippen LogP contribution in [0.1, 0.15) is 55.6 Å². The number of ether oxygens (including phenoxy) is 1. The van der Waals surface area contributed by atoms with E-state index in [0.29, 0.717) is 30.8 Å². The van der Waals surface area contributed by atoms with Crippen molar-refractivity contribution in [1.82, 2.24) is 9.47 Å². The summed E-state index contributed by atoms with van der Waals surface area (Å²) in [7, 11) is 3.71. The van der Waals surface area contributed by atoms with Crippen molar-refractivity contribution in [3.63, 3.8) is 0 Å². The average molecular weight is 649 g/mol. The quantitative estimate of drug-likeness (QED) is 0.191. The number of nitrogens with zero attached hydrogens (tertiary/aromatic N) is 3. The van der Waals surface area contributed by atoms with Gasteiger partial charge in [0.25, 0.3) is 11.8 Å². The second kappa shape index (κ2) is 14.3. The fourth-order valence-corrected chi connectivity index (χ4v) is 6.20. The standard InChI is InChI=1S/C39H40N4O3.ClH/c1-26-20-30-12-8-9-13-31(30)24-43(26)39(45)36-21-29(23-40)14-19-34(36)37-22-35(27(2)41(37)3)38(44)42(4)32-15-17-33(18-16-32)46-25-28-10-6-5-7-11-28;/h5-19,21-22,26H,20,23-25,40H2,1-4H3;1H/t26-;/m1./s1. The number of benzene rings is 4. The van der Waals surface area contributed by atoms with E-state index in [1.807, 2.05) is 108 Å². The molecule has 2 N–H and O–H groups in total. The molecule has 0 unspecified atom stereocenters. The molecule has 0 bridgehead atoms. The maximum atomic E-state index is 14.3. The molecule has 4 aromatic carbocycles. The summed E-state index contributed by atoms with van der Waals surface area (Å²) >= 11 is 0. The minimum absolute atomic E-state index is 0. The van der Waals surface area contributed by atoms with E-state index in [2.05, 4.69) is 25.1 Å². The lowest BCUT2D eigenvalue weighted by atomic mass is 9.93. The number of hydrogen-bond donors (Lipinski definition) is 1. The Kier molecular flexibility index (Phi) is 10.2. The molecule has 0 radical (unpaired) electrons. The second-order valence-corrected chi connectivity index (χ2v) is 12.1. The van der Waals surface area contributed by atoms with Gasteiger partial charge in [-0.05, 0) is 78.9 Å². The van der Waals surface area contributed by atoms with Crippen LogP contribution in [-0.2, 0) is 33.2 Å². The van der Waals surface area contributed by atoms with Gasteiger partial charge in [0.1, 0.15) is 12.4 Å². The highest BCUT2D eigenvalue weighted by atomic mass is 35.5. The monoisotopic (exact) mass is 648 g/mol. The predicted octanol–water partition coefficient (Wildman–Crippen LogP) is 7.32. The number of fused-ring (bicyclic) bond motifs is 1. The molecule has 1 atom stereocenters. The number of aromatic nitrogens is 1. The maximum Gasteiger partial charge on any atom is 0.259 e. The third-order valence-corrected chi connectivity index (χ3v) is 9.14. The molecule has 0 saturated heterocycles. The minimum Gasteiger partial charge on any atom is -0.489 e. The first-order valence-electron chi connectivity index (χ1n) is 15.7. The summed E-state index contributed by atoms with van der Waals surface area (Å²) in [5, 5.41) is 0. The lowest BCUT2D eigenvalue weighted by Crippen LogP contribution is -2.42. The van der Waals surface area contributed by atoms with Crippen molar-refractivity contribution in [1.29, 1.82) is 0 Å². The number of nitrogens with two attached hydrogens (primary N) is 1. The van der Waals surface area contributed by atoms with Crippen molar-refractivity contribution in [3.05, 3.63) is 142 Å². The van der Waals surface area contributed by atoms with Gasteiger partial charge in [-0.2, -0.15) is 0 Å². The highest BCUT2D eigenvalue weighted by Crippen LogP contribution is 2.33. The smallest absolute Gasteiger partial charge is 0.259 e. The van der Waals surface area contributed by atoms with E-state index in [1.165, 1.54) is 11.1 Å². The Morgan fingerprint density at radius 3 is 2.26 bits per heavy atom. The molecular formula is C39H41ClN4O3. The highest BCUT2D eigenvalue weighted by Gasteiger charge is 2.30. The van der Waals surface area contributed by atoms with E-state index in [1.54, 1.807) is 11.9 Å². The Balaban J connectivity index is 0.00000433. The van der Waals surface area contributed by atoms with Crippen LogP contribution in [0.5, 0.6) is 5.75 Å². The number of halogens is 1. The molecule has 1 aliphatic rings. The van der Waals surface area contributed by atoms with E-state index in [0.717, 1.165) is 45.9 Å². The van der Waals surface area contributed by atoms with Gasteiger partial charge in [-0.3, -0.25) is 9.59 Å². The minimum atomic E-state index is -0.134. The van der Waals surface area contributed by atoms with Crippen LogP contribution < -0.4 is 15.4 Å². The van der Waals surface area contributed by atoms with Crippen molar-refractivity contribution in [3.8, 4) is 17.0 Å². The normalized spacial score (nSPS) is 13.8. The molecule has 0 saturated carbocycles. The van der Waals surface area contributed by atoms with Gasteiger partial charge >= 0.3 is 0 Å². The zero-order valence-corrected chi connectivity index (χ0v) is 28.1. The zero-order valence-electron chi connectivity index (χ0n) is 27.3. The molecule has 7 nitrogen and oxygen atoms in total. The van der Waals surface area contributed by atoms with Gasteiger partial charge < -0.3 is 24.8 Å². The number of carbonyl (C=O) groups excluding carboxylic acids is 2. The predicted molar refractivity (Wildman–Crippen MR) is 190 cm³/mol. The first kappa shape index (κ1) is 33.5. The molecule has 0 aliphatic carbocycles. The third-order valence-electron chi connectivity index (χ3n) is 9.14. The third kappa shape index (κ3) is 6.82. The number of amides is 2. The van der Waals surface area contributed by atoms with Crippen molar-refractivity contribution in [2.24, 2.45) is 12.8 Å². The average Bonchev–Trinajstić information content (AvgIpc) is 3.39. The van der Waals surface area contributed by atoms with Crippen LogP contribution in [0.25, 0.3) is 11.3 Å². The van der Waals surface area contributed by atoms with E-state index < -0.39 is 0 Å². The molecule has 242 valence electrons. The summed E-state index contributed by atoms with van der Waals surface area (Å²) in [6, 6.07) is 33.6. The van der Waals surface area contributed by atoms with Gasteiger partial charge in [0.15, 0.2) is 0 Å². The number of carbonyl (C=O) groups is 2. The summed E-state index contributed by atoms with van der Waals surface area (Å²) in [5.74, 6) is 0.562. The summed E-state index contributed by atoms with van der Waals surface area (Å²) in [4.78, 5) is 31.7. The zero-order chi connectivity index (χ0) is 32.4. The highest BCUT2D eigenvalue weighted by molar-refractivity contribution is 6.08. The van der Waals surface area contributed by atoms with Crippen molar-refractivity contribution in [2.75, 3.05) is 11.9 Å². The molecule has 1 aromatic heterocycles. The second-order valence-electron chi connectivity index (χ2n) is 12.1. The van der Waals surface area contributed by atoms with Crippen LogP contribution in [0.3, 0.4) is 0 Å². The van der Waals surface area contributed by atoms with Crippen molar-refractivity contribution < 1.29 is 14.3 Å². The van der Waals surface area contributed by atoms with E-state index >= 15 is 0 Å². The van der Waals surface area contributed by atoms with Crippen LogP contribution in [0, 0.1) is 6.92 Å². The van der Waals surface area contributed by atoms with E-state index in [9.17, 15) is 9.59 Å². The Labute approximate surface area is 283 Å². The molecule has 0 fully saturated rings. The van der Waals surface area contributed by atoms with E-state index in [-0.39, 0.29) is 30.3 Å². The lowest BCUT2D eigenvalue weighted by Gasteiger charge is -2.35. The fourth-order valence-electron chi connectivity index (χ4n) is 6.20. The van der Waals surface area contributed by atoms with Gasteiger partial charge in [-0.1, -0.05) is 66.7 Å².